The number of nitriles is 1. The molecule has 2 rings (SSSR count). The van der Waals surface area contributed by atoms with Crippen LogP contribution in [-0.2, 0) is 0 Å². The zero-order chi connectivity index (χ0) is 11.4. The highest BCUT2D eigenvalue weighted by Gasteiger charge is 2.19. The Kier molecular flexibility index (Phi) is 3.20. The number of hydrogen-bond acceptors (Lipinski definition) is 5. The van der Waals surface area contributed by atoms with Crippen LogP contribution in [0.25, 0.3) is 0 Å². The molecule has 1 aromatic rings. The van der Waals surface area contributed by atoms with Gasteiger partial charge in [0, 0.05) is 32.1 Å². The Morgan fingerprint density at radius 3 is 2.81 bits per heavy atom. The van der Waals surface area contributed by atoms with Crippen molar-refractivity contribution < 1.29 is 0 Å². The summed E-state index contributed by atoms with van der Waals surface area (Å²) < 4.78 is 0. The van der Waals surface area contributed by atoms with Crippen molar-refractivity contribution in [1.29, 1.82) is 5.26 Å². The number of nitrogens with zero attached hydrogens (tertiary/aromatic N) is 4. The van der Waals surface area contributed by atoms with E-state index in [1.165, 1.54) is 0 Å². The Hall–Kier alpha value is -1.83. The minimum Gasteiger partial charge on any atom is -0.373 e. The Labute approximate surface area is 95.1 Å². The summed E-state index contributed by atoms with van der Waals surface area (Å²) in [5.74, 6) is 1.98. The third kappa shape index (κ3) is 2.22. The predicted octanol–water partition coefficient (Wildman–Crippen LogP) is 1.26. The highest BCUT2D eigenvalue weighted by atomic mass is 15.2. The third-order valence-corrected chi connectivity index (χ3v) is 2.91. The zero-order valence-electron chi connectivity index (χ0n) is 9.35. The van der Waals surface area contributed by atoms with Crippen molar-refractivity contribution in [2.45, 2.75) is 12.8 Å². The van der Waals surface area contributed by atoms with E-state index in [0.717, 1.165) is 37.6 Å². The van der Waals surface area contributed by atoms with Gasteiger partial charge in [-0.05, 0) is 12.8 Å². The maximum absolute atomic E-state index is 8.83. The normalized spacial score (nSPS) is 16.9. The van der Waals surface area contributed by atoms with E-state index in [1.807, 2.05) is 13.1 Å². The molecule has 1 saturated heterocycles. The SMILES string of the molecule is CNc1cc(N2CCC(C#N)CC2)ncn1. The van der Waals surface area contributed by atoms with Gasteiger partial charge in [0.15, 0.2) is 0 Å². The molecular formula is C11H15N5. The van der Waals surface area contributed by atoms with Crippen LogP contribution in [0.15, 0.2) is 12.4 Å². The molecule has 0 unspecified atom stereocenters. The first kappa shape index (κ1) is 10.7. The molecule has 0 aliphatic carbocycles. The van der Waals surface area contributed by atoms with Gasteiger partial charge >= 0.3 is 0 Å². The van der Waals surface area contributed by atoms with Gasteiger partial charge in [-0.2, -0.15) is 5.26 Å². The fraction of sp³-hybridized carbons (Fsp3) is 0.545. The molecule has 0 aromatic carbocycles. The van der Waals surface area contributed by atoms with E-state index in [-0.39, 0.29) is 5.92 Å². The average Bonchev–Trinajstić information content (AvgIpc) is 2.39. The van der Waals surface area contributed by atoms with Crippen LogP contribution in [0.1, 0.15) is 12.8 Å². The van der Waals surface area contributed by atoms with Crippen molar-refractivity contribution in [3.05, 3.63) is 12.4 Å². The van der Waals surface area contributed by atoms with Gasteiger partial charge in [0.05, 0.1) is 6.07 Å². The minimum atomic E-state index is 0.210. The molecule has 5 nitrogen and oxygen atoms in total. The molecule has 0 spiro atoms. The van der Waals surface area contributed by atoms with E-state index in [0.29, 0.717) is 0 Å². The van der Waals surface area contributed by atoms with Gasteiger partial charge in [0.2, 0.25) is 0 Å². The zero-order valence-corrected chi connectivity index (χ0v) is 9.35. The smallest absolute Gasteiger partial charge is 0.134 e. The summed E-state index contributed by atoms with van der Waals surface area (Å²) >= 11 is 0. The molecule has 1 aromatic heterocycles. The lowest BCUT2D eigenvalue weighted by molar-refractivity contribution is 0.485. The predicted molar refractivity (Wildman–Crippen MR) is 62.1 cm³/mol. The maximum atomic E-state index is 8.83. The van der Waals surface area contributed by atoms with Crippen LogP contribution >= 0.6 is 0 Å². The van der Waals surface area contributed by atoms with Crippen LogP contribution in [0, 0.1) is 17.2 Å². The van der Waals surface area contributed by atoms with Gasteiger partial charge in [-0.3, -0.25) is 0 Å². The van der Waals surface area contributed by atoms with Crippen molar-refractivity contribution >= 4 is 11.6 Å². The Bertz CT molecular complexity index is 390. The molecule has 1 fully saturated rings. The molecule has 0 radical (unpaired) electrons. The first-order valence-electron chi connectivity index (χ1n) is 5.48. The molecule has 16 heavy (non-hydrogen) atoms. The quantitative estimate of drug-likeness (QED) is 0.807. The monoisotopic (exact) mass is 217 g/mol. The second-order valence-corrected chi connectivity index (χ2v) is 3.90. The van der Waals surface area contributed by atoms with E-state index in [1.54, 1.807) is 6.33 Å². The van der Waals surface area contributed by atoms with E-state index in [9.17, 15) is 0 Å². The third-order valence-electron chi connectivity index (χ3n) is 2.91. The van der Waals surface area contributed by atoms with Crippen LogP contribution in [0.3, 0.4) is 0 Å². The van der Waals surface area contributed by atoms with E-state index in [4.69, 9.17) is 5.26 Å². The van der Waals surface area contributed by atoms with Gasteiger partial charge in [0.1, 0.15) is 18.0 Å². The molecule has 0 atom stereocenters. The number of rotatable bonds is 2. The summed E-state index contributed by atoms with van der Waals surface area (Å²) in [7, 11) is 1.84. The molecule has 0 bridgehead atoms. The van der Waals surface area contributed by atoms with Crippen LogP contribution in [-0.4, -0.2) is 30.1 Å². The van der Waals surface area contributed by atoms with Crippen molar-refractivity contribution in [3.8, 4) is 6.07 Å². The van der Waals surface area contributed by atoms with Crippen LogP contribution in [0.4, 0.5) is 11.6 Å². The summed E-state index contributed by atoms with van der Waals surface area (Å²) in [6.45, 7) is 1.80. The van der Waals surface area contributed by atoms with Crippen LogP contribution in [0.5, 0.6) is 0 Å². The number of anilines is 2. The van der Waals surface area contributed by atoms with Gasteiger partial charge in [-0.15, -0.1) is 0 Å². The highest BCUT2D eigenvalue weighted by molar-refractivity contribution is 5.48. The fourth-order valence-electron chi connectivity index (χ4n) is 1.89. The maximum Gasteiger partial charge on any atom is 0.134 e. The van der Waals surface area contributed by atoms with Gasteiger partial charge in [-0.1, -0.05) is 0 Å². The highest BCUT2D eigenvalue weighted by Crippen LogP contribution is 2.21. The number of piperidine rings is 1. The van der Waals surface area contributed by atoms with E-state index < -0.39 is 0 Å². The average molecular weight is 217 g/mol. The van der Waals surface area contributed by atoms with E-state index >= 15 is 0 Å². The van der Waals surface area contributed by atoms with Crippen molar-refractivity contribution in [3.63, 3.8) is 0 Å². The second kappa shape index (κ2) is 4.79. The topological polar surface area (TPSA) is 64.8 Å². The number of aromatic nitrogens is 2. The van der Waals surface area contributed by atoms with Crippen LogP contribution in [0.2, 0.25) is 0 Å². The lowest BCUT2D eigenvalue weighted by atomic mass is 9.99. The molecule has 0 amide bonds. The second-order valence-electron chi connectivity index (χ2n) is 3.90. The number of hydrogen-bond donors (Lipinski definition) is 1. The first-order chi connectivity index (χ1) is 7.83. The van der Waals surface area contributed by atoms with E-state index in [2.05, 4.69) is 26.3 Å². The van der Waals surface area contributed by atoms with Gasteiger partial charge in [0.25, 0.3) is 0 Å². The van der Waals surface area contributed by atoms with Crippen LogP contribution < -0.4 is 10.2 Å². The lowest BCUT2D eigenvalue weighted by Crippen LogP contribution is -2.33. The van der Waals surface area contributed by atoms with Gasteiger partial charge < -0.3 is 10.2 Å². The summed E-state index contributed by atoms with van der Waals surface area (Å²) in [6.07, 6.45) is 3.42. The molecular weight excluding hydrogens is 202 g/mol. The summed E-state index contributed by atoms with van der Waals surface area (Å²) in [5, 5.41) is 11.8. The first-order valence-corrected chi connectivity index (χ1v) is 5.48. The standard InChI is InChI=1S/C11H15N5/c1-13-10-6-11(15-8-14-10)16-4-2-9(7-12)3-5-16/h6,8-9H,2-5H2,1H3,(H,13,14,15). The minimum absolute atomic E-state index is 0.210. The summed E-state index contributed by atoms with van der Waals surface area (Å²) in [6, 6.07) is 4.26. The van der Waals surface area contributed by atoms with Gasteiger partial charge in [-0.25, -0.2) is 9.97 Å². The Morgan fingerprint density at radius 2 is 2.19 bits per heavy atom. The molecule has 1 aliphatic heterocycles. The molecule has 0 saturated carbocycles. The van der Waals surface area contributed by atoms with Crippen molar-refractivity contribution in [2.24, 2.45) is 5.92 Å². The Morgan fingerprint density at radius 1 is 1.44 bits per heavy atom. The Balaban J connectivity index is 2.05. The molecule has 2 heterocycles. The van der Waals surface area contributed by atoms with Crippen molar-refractivity contribution in [1.82, 2.24) is 9.97 Å². The van der Waals surface area contributed by atoms with Crippen molar-refractivity contribution in [2.75, 3.05) is 30.4 Å². The molecule has 5 heteroatoms. The molecule has 84 valence electrons. The summed E-state index contributed by atoms with van der Waals surface area (Å²) in [5.41, 5.74) is 0. The fourth-order valence-corrected chi connectivity index (χ4v) is 1.89. The largest absolute Gasteiger partial charge is 0.373 e. The lowest BCUT2D eigenvalue weighted by Gasteiger charge is -2.30. The summed E-state index contributed by atoms with van der Waals surface area (Å²) in [4.78, 5) is 10.5. The number of nitrogens with one attached hydrogen (secondary N) is 1. The molecule has 1 aliphatic rings. The molecule has 1 N–H and O–H groups in total.